The summed E-state index contributed by atoms with van der Waals surface area (Å²) < 4.78 is 0. The lowest BCUT2D eigenvalue weighted by Crippen LogP contribution is -2.60. The second-order valence-corrected chi connectivity index (χ2v) is 9.77. The van der Waals surface area contributed by atoms with Gasteiger partial charge in [-0.15, -0.1) is 0 Å². The van der Waals surface area contributed by atoms with E-state index < -0.39 is 0 Å². The highest BCUT2D eigenvalue weighted by molar-refractivity contribution is 5.89. The number of hydrogen-bond acceptors (Lipinski definition) is 10. The van der Waals surface area contributed by atoms with Crippen LogP contribution in [-0.2, 0) is 0 Å². The first kappa shape index (κ1) is 21.4. The number of piperazine rings is 1. The van der Waals surface area contributed by atoms with Crippen molar-refractivity contribution in [1.82, 2.24) is 25.3 Å². The van der Waals surface area contributed by atoms with Gasteiger partial charge in [0.15, 0.2) is 5.82 Å². The Kier molecular flexibility index (Phi) is 5.60. The van der Waals surface area contributed by atoms with Gasteiger partial charge in [-0.05, 0) is 38.4 Å². The van der Waals surface area contributed by atoms with E-state index in [1.807, 2.05) is 18.7 Å². The standard InChI is InChI=1S/C24H34N10/c1-3-19-23-30-27-16-33(23)20-15-26-24(29-22(20)34(19)18-6-4-5-7-18)28-17-8-9-21(25-14-17)32-12-10-31(2)11-13-32/h8-9,14-16,18-19,23,30H,3-7,10-13H2,1-2H3,(H,26,28,29)/t19-,23?/m1/s1. The Bertz CT molecular complexity index is 1030. The molecular formula is C24H34N10. The molecule has 1 saturated carbocycles. The topological polar surface area (TPSA) is 88.1 Å². The lowest BCUT2D eigenvalue weighted by atomic mass is 10.0. The first-order valence-corrected chi connectivity index (χ1v) is 12.6. The maximum absolute atomic E-state index is 5.04. The number of nitrogens with one attached hydrogen (secondary N) is 2. The molecule has 0 bridgehead atoms. The van der Waals surface area contributed by atoms with E-state index in [9.17, 15) is 0 Å². The van der Waals surface area contributed by atoms with Gasteiger partial charge >= 0.3 is 0 Å². The summed E-state index contributed by atoms with van der Waals surface area (Å²) in [6.07, 6.45) is 11.8. The molecule has 10 heteroatoms. The van der Waals surface area contributed by atoms with Crippen LogP contribution in [0.3, 0.4) is 0 Å². The quantitative estimate of drug-likeness (QED) is 0.696. The first-order chi connectivity index (χ1) is 16.7. The second kappa shape index (κ2) is 8.90. The first-order valence-electron chi connectivity index (χ1n) is 12.6. The Morgan fingerprint density at radius 1 is 1.06 bits per heavy atom. The number of rotatable bonds is 5. The van der Waals surface area contributed by atoms with E-state index in [1.165, 1.54) is 25.7 Å². The number of anilines is 5. The van der Waals surface area contributed by atoms with Crippen molar-refractivity contribution < 1.29 is 0 Å². The van der Waals surface area contributed by atoms with Gasteiger partial charge in [-0.3, -0.25) is 5.43 Å². The highest BCUT2D eigenvalue weighted by Gasteiger charge is 2.44. The van der Waals surface area contributed by atoms with E-state index in [0.29, 0.717) is 18.0 Å². The van der Waals surface area contributed by atoms with E-state index >= 15 is 0 Å². The molecule has 1 unspecified atom stereocenters. The molecule has 2 N–H and O–H groups in total. The smallest absolute Gasteiger partial charge is 0.229 e. The van der Waals surface area contributed by atoms with Gasteiger partial charge in [0.25, 0.3) is 0 Å². The third kappa shape index (κ3) is 3.79. The third-order valence-electron chi connectivity index (χ3n) is 7.65. The molecule has 1 saturated heterocycles. The minimum atomic E-state index is 0.131. The van der Waals surface area contributed by atoms with Crippen LogP contribution in [0.4, 0.5) is 29.0 Å². The summed E-state index contributed by atoms with van der Waals surface area (Å²) in [6, 6.07) is 4.98. The number of fused-ring (bicyclic) bond motifs is 3. The van der Waals surface area contributed by atoms with Crippen LogP contribution < -0.4 is 25.4 Å². The lowest BCUT2D eigenvalue weighted by molar-refractivity contribution is 0.312. The molecule has 10 nitrogen and oxygen atoms in total. The maximum atomic E-state index is 5.04. The minimum absolute atomic E-state index is 0.131. The van der Waals surface area contributed by atoms with Crippen molar-refractivity contribution in [2.45, 2.75) is 57.3 Å². The third-order valence-corrected chi connectivity index (χ3v) is 7.65. The van der Waals surface area contributed by atoms with Crippen molar-refractivity contribution in [3.8, 4) is 0 Å². The molecule has 3 aliphatic heterocycles. The molecule has 2 aromatic rings. The van der Waals surface area contributed by atoms with Gasteiger partial charge in [0.2, 0.25) is 5.95 Å². The summed E-state index contributed by atoms with van der Waals surface area (Å²) in [5, 5.41) is 7.75. The van der Waals surface area contributed by atoms with Gasteiger partial charge < -0.3 is 24.9 Å². The number of nitrogens with zero attached hydrogens (tertiary/aromatic N) is 8. The number of hydrogen-bond donors (Lipinski definition) is 2. The molecule has 4 aliphatic rings. The number of likely N-dealkylation sites (N-methyl/N-ethyl adjacent to an activating group) is 1. The molecule has 2 atom stereocenters. The zero-order chi connectivity index (χ0) is 23.1. The average Bonchev–Trinajstić information content (AvgIpc) is 3.57. The van der Waals surface area contributed by atoms with Crippen molar-refractivity contribution in [3.05, 3.63) is 24.5 Å². The minimum Gasteiger partial charge on any atom is -0.354 e. The fourth-order valence-electron chi connectivity index (χ4n) is 5.76. The lowest BCUT2D eigenvalue weighted by Gasteiger charge is -2.47. The van der Waals surface area contributed by atoms with Crippen LogP contribution in [0.15, 0.2) is 29.6 Å². The zero-order valence-corrected chi connectivity index (χ0v) is 20.1. The van der Waals surface area contributed by atoms with Gasteiger partial charge in [-0.25, -0.2) is 9.97 Å². The molecule has 2 fully saturated rings. The van der Waals surface area contributed by atoms with E-state index in [2.05, 4.69) is 66.5 Å². The zero-order valence-electron chi connectivity index (χ0n) is 20.1. The maximum Gasteiger partial charge on any atom is 0.229 e. The van der Waals surface area contributed by atoms with E-state index in [0.717, 1.165) is 55.6 Å². The van der Waals surface area contributed by atoms with Crippen LogP contribution in [0, 0.1) is 0 Å². The summed E-state index contributed by atoms with van der Waals surface area (Å²) in [4.78, 5) is 23.8. The van der Waals surface area contributed by atoms with E-state index in [1.54, 1.807) is 0 Å². The molecule has 34 heavy (non-hydrogen) atoms. The normalized spacial score (nSPS) is 24.8. The van der Waals surface area contributed by atoms with Crippen molar-refractivity contribution in [2.24, 2.45) is 5.10 Å². The molecule has 180 valence electrons. The fraction of sp³-hybridized carbons (Fsp3) is 0.583. The molecular weight excluding hydrogens is 428 g/mol. The molecule has 2 aromatic heterocycles. The summed E-state index contributed by atoms with van der Waals surface area (Å²) >= 11 is 0. The predicted octanol–water partition coefficient (Wildman–Crippen LogP) is 2.59. The molecule has 0 amide bonds. The average molecular weight is 463 g/mol. The number of hydrazone groups is 1. The van der Waals surface area contributed by atoms with Crippen LogP contribution in [0.5, 0.6) is 0 Å². The molecule has 6 rings (SSSR count). The molecule has 0 aromatic carbocycles. The highest BCUT2D eigenvalue weighted by atomic mass is 15.5. The SMILES string of the molecule is CC[C@@H]1C2NN=CN2c2cnc(Nc3ccc(N4CCN(C)CC4)nc3)nc2N1C1CCCC1. The monoisotopic (exact) mass is 462 g/mol. The van der Waals surface area contributed by atoms with Crippen molar-refractivity contribution >= 4 is 35.3 Å². The van der Waals surface area contributed by atoms with Gasteiger partial charge in [-0.1, -0.05) is 19.8 Å². The highest BCUT2D eigenvalue weighted by Crippen LogP contribution is 2.42. The van der Waals surface area contributed by atoms with Gasteiger partial charge in [0.05, 0.1) is 24.1 Å². The number of aromatic nitrogens is 3. The fourth-order valence-corrected chi connectivity index (χ4v) is 5.76. The largest absolute Gasteiger partial charge is 0.354 e. The van der Waals surface area contributed by atoms with E-state index in [4.69, 9.17) is 9.97 Å². The van der Waals surface area contributed by atoms with E-state index in [-0.39, 0.29) is 6.17 Å². The van der Waals surface area contributed by atoms with Gasteiger partial charge in [-0.2, -0.15) is 10.1 Å². The Balaban J connectivity index is 1.26. The summed E-state index contributed by atoms with van der Waals surface area (Å²) in [5.41, 5.74) is 5.23. The van der Waals surface area contributed by atoms with Crippen LogP contribution in [-0.4, -0.2) is 77.7 Å². The van der Waals surface area contributed by atoms with Gasteiger partial charge in [0.1, 0.15) is 24.0 Å². The second-order valence-electron chi connectivity index (χ2n) is 9.77. The molecule has 0 spiro atoms. The Labute approximate surface area is 201 Å². The van der Waals surface area contributed by atoms with Crippen molar-refractivity contribution in [3.63, 3.8) is 0 Å². The summed E-state index contributed by atoms with van der Waals surface area (Å²) in [5.74, 6) is 2.63. The summed E-state index contributed by atoms with van der Waals surface area (Å²) in [7, 11) is 2.17. The number of pyridine rings is 1. The Morgan fingerprint density at radius 3 is 2.62 bits per heavy atom. The van der Waals surface area contributed by atoms with Crippen LogP contribution >= 0.6 is 0 Å². The van der Waals surface area contributed by atoms with Crippen molar-refractivity contribution in [2.75, 3.05) is 53.2 Å². The Hall–Kier alpha value is -3.14. The van der Waals surface area contributed by atoms with Crippen LogP contribution in [0.1, 0.15) is 39.0 Å². The molecule has 0 radical (unpaired) electrons. The molecule has 5 heterocycles. The summed E-state index contributed by atoms with van der Waals surface area (Å²) in [6.45, 7) is 6.41. The Morgan fingerprint density at radius 2 is 1.88 bits per heavy atom. The van der Waals surface area contributed by atoms with Crippen molar-refractivity contribution in [1.29, 1.82) is 0 Å². The van der Waals surface area contributed by atoms with Crippen LogP contribution in [0.25, 0.3) is 0 Å². The van der Waals surface area contributed by atoms with Crippen LogP contribution in [0.2, 0.25) is 0 Å². The van der Waals surface area contributed by atoms with Gasteiger partial charge in [0, 0.05) is 32.2 Å². The predicted molar refractivity (Wildman–Crippen MR) is 136 cm³/mol. The molecule has 1 aliphatic carbocycles.